The Kier molecular flexibility index (Phi) is 3.25. The number of hydrogen-bond donors (Lipinski definition) is 0. The van der Waals surface area contributed by atoms with E-state index in [1.165, 1.54) is 12.1 Å². The van der Waals surface area contributed by atoms with Crippen molar-refractivity contribution < 1.29 is 9.18 Å². The maximum atomic E-state index is 13.3. The van der Waals surface area contributed by atoms with Crippen molar-refractivity contribution in [1.82, 2.24) is 0 Å². The largest absolute Gasteiger partial charge is 0.289 e. The molecule has 1 nitrogen and oxygen atoms in total. The van der Waals surface area contributed by atoms with Crippen molar-refractivity contribution in [3.8, 4) is 0 Å². The molecule has 86 valence electrons. The molecule has 2 rings (SSSR count). The van der Waals surface area contributed by atoms with Crippen molar-refractivity contribution in [2.24, 2.45) is 0 Å². The van der Waals surface area contributed by atoms with Gasteiger partial charge in [0.2, 0.25) is 0 Å². The summed E-state index contributed by atoms with van der Waals surface area (Å²) in [5, 5.41) is 0.306. The molecule has 3 heteroatoms. The predicted octanol–water partition coefficient (Wildman–Crippen LogP) is 4.02. The molecule has 0 aliphatic rings. The highest BCUT2D eigenvalue weighted by atomic mass is 35.5. The van der Waals surface area contributed by atoms with Crippen molar-refractivity contribution in [2.75, 3.05) is 0 Å². The molecule has 0 aromatic heterocycles. The number of rotatable bonds is 2. The molecule has 0 aliphatic heterocycles. The van der Waals surface area contributed by atoms with E-state index in [4.69, 9.17) is 11.6 Å². The van der Waals surface area contributed by atoms with Gasteiger partial charge in [0.05, 0.1) is 5.02 Å². The quantitative estimate of drug-likeness (QED) is 0.734. The van der Waals surface area contributed by atoms with E-state index in [2.05, 4.69) is 0 Å². The maximum absolute atomic E-state index is 13.3. The minimum atomic E-state index is -0.453. The molecule has 0 spiro atoms. The number of carbonyl (C=O) groups excluding carboxylic acids is 1. The van der Waals surface area contributed by atoms with Gasteiger partial charge in [0.1, 0.15) is 5.82 Å². The van der Waals surface area contributed by atoms with Gasteiger partial charge in [-0.15, -0.1) is 0 Å². The monoisotopic (exact) mass is 248 g/mol. The van der Waals surface area contributed by atoms with Gasteiger partial charge in [-0.25, -0.2) is 4.39 Å². The summed E-state index contributed by atoms with van der Waals surface area (Å²) in [5.74, 6) is -0.718. The smallest absolute Gasteiger partial charge is 0.194 e. The van der Waals surface area contributed by atoms with Crippen LogP contribution in [0.1, 0.15) is 21.5 Å². The van der Waals surface area contributed by atoms with Crippen molar-refractivity contribution in [2.45, 2.75) is 6.92 Å². The first-order valence-corrected chi connectivity index (χ1v) is 5.53. The van der Waals surface area contributed by atoms with Crippen LogP contribution in [0, 0.1) is 12.7 Å². The van der Waals surface area contributed by atoms with Crippen LogP contribution < -0.4 is 0 Å². The summed E-state index contributed by atoms with van der Waals surface area (Å²) in [7, 11) is 0. The van der Waals surface area contributed by atoms with Crippen molar-refractivity contribution in [3.63, 3.8) is 0 Å². The molecule has 0 saturated carbocycles. The second kappa shape index (κ2) is 4.68. The molecule has 0 atom stereocenters. The first-order valence-electron chi connectivity index (χ1n) is 5.15. The normalized spacial score (nSPS) is 10.3. The summed E-state index contributed by atoms with van der Waals surface area (Å²) in [6.07, 6.45) is 0. The van der Waals surface area contributed by atoms with E-state index >= 15 is 0 Å². The molecule has 0 radical (unpaired) electrons. The van der Waals surface area contributed by atoms with E-state index in [1.807, 2.05) is 6.07 Å². The molecular formula is C14H10ClFO. The zero-order valence-corrected chi connectivity index (χ0v) is 9.96. The second-order valence-corrected chi connectivity index (χ2v) is 4.16. The van der Waals surface area contributed by atoms with E-state index < -0.39 is 5.82 Å². The third kappa shape index (κ3) is 2.37. The van der Waals surface area contributed by atoms with Gasteiger partial charge in [-0.05, 0) is 24.6 Å². The fourth-order valence-corrected chi connectivity index (χ4v) is 1.83. The van der Waals surface area contributed by atoms with Crippen molar-refractivity contribution >= 4 is 17.4 Å². The van der Waals surface area contributed by atoms with Crippen molar-refractivity contribution in [1.29, 1.82) is 0 Å². The van der Waals surface area contributed by atoms with Gasteiger partial charge in [-0.3, -0.25) is 4.79 Å². The molecule has 17 heavy (non-hydrogen) atoms. The van der Waals surface area contributed by atoms with Gasteiger partial charge < -0.3 is 0 Å². The van der Waals surface area contributed by atoms with Crippen molar-refractivity contribution in [3.05, 3.63) is 70.0 Å². The maximum Gasteiger partial charge on any atom is 0.194 e. The van der Waals surface area contributed by atoms with E-state index in [0.717, 1.165) is 0 Å². The zero-order chi connectivity index (χ0) is 12.4. The summed E-state index contributed by atoms with van der Waals surface area (Å²) < 4.78 is 13.3. The summed E-state index contributed by atoms with van der Waals surface area (Å²) in [5.41, 5.74) is 1.26. The Morgan fingerprint density at radius 1 is 1.18 bits per heavy atom. The molecule has 0 aliphatic carbocycles. The van der Waals surface area contributed by atoms with Crippen LogP contribution in [0.25, 0.3) is 0 Å². The molecule has 0 amide bonds. The fraction of sp³-hybridized carbons (Fsp3) is 0.0714. The topological polar surface area (TPSA) is 17.1 Å². The molecule has 0 heterocycles. The van der Waals surface area contributed by atoms with Gasteiger partial charge in [-0.1, -0.05) is 41.9 Å². The summed E-state index contributed by atoms with van der Waals surface area (Å²) in [4.78, 5) is 12.1. The molecule has 2 aromatic rings. The molecule has 0 saturated heterocycles. The van der Waals surface area contributed by atoms with Crippen LogP contribution in [0.2, 0.25) is 5.02 Å². The molecular weight excluding hydrogens is 239 g/mol. The summed E-state index contributed by atoms with van der Waals surface area (Å²) in [6, 6.07) is 11.2. The number of aryl methyl sites for hydroxylation is 1. The van der Waals surface area contributed by atoms with Gasteiger partial charge in [-0.2, -0.15) is 0 Å². The molecule has 2 aromatic carbocycles. The van der Waals surface area contributed by atoms with E-state index in [1.54, 1.807) is 31.2 Å². The number of benzene rings is 2. The second-order valence-electron chi connectivity index (χ2n) is 3.78. The molecule has 0 N–H and O–H groups in total. The number of ketones is 1. The third-order valence-electron chi connectivity index (χ3n) is 2.50. The van der Waals surface area contributed by atoms with Gasteiger partial charge >= 0.3 is 0 Å². The minimum absolute atomic E-state index is 0.204. The highest BCUT2D eigenvalue weighted by molar-refractivity contribution is 6.35. The van der Waals surface area contributed by atoms with Crippen LogP contribution in [0.3, 0.4) is 0 Å². The van der Waals surface area contributed by atoms with Crippen LogP contribution in [0.5, 0.6) is 0 Å². The van der Waals surface area contributed by atoms with Gasteiger partial charge in [0.25, 0.3) is 0 Å². The van der Waals surface area contributed by atoms with Crippen LogP contribution >= 0.6 is 11.6 Å². The molecule has 0 fully saturated rings. The Labute approximate surface area is 104 Å². The van der Waals surface area contributed by atoms with Gasteiger partial charge in [0, 0.05) is 11.1 Å². The minimum Gasteiger partial charge on any atom is -0.289 e. The van der Waals surface area contributed by atoms with E-state index in [0.29, 0.717) is 16.1 Å². The number of hydrogen-bond acceptors (Lipinski definition) is 1. The Bertz CT molecular complexity index is 564. The lowest BCUT2D eigenvalue weighted by molar-refractivity contribution is 0.103. The lowest BCUT2D eigenvalue weighted by Gasteiger charge is -2.06. The standard InChI is InChI=1S/C14H10ClFO/c1-9-7-11(16)8-12(13(9)15)14(17)10-5-3-2-4-6-10/h2-8H,1H3. The summed E-state index contributed by atoms with van der Waals surface area (Å²) >= 11 is 6.02. The lowest BCUT2D eigenvalue weighted by Crippen LogP contribution is -2.03. The van der Waals surface area contributed by atoms with E-state index in [-0.39, 0.29) is 11.3 Å². The average Bonchev–Trinajstić information content (AvgIpc) is 2.34. The lowest BCUT2D eigenvalue weighted by atomic mass is 10.0. The van der Waals surface area contributed by atoms with E-state index in [9.17, 15) is 9.18 Å². The van der Waals surface area contributed by atoms with Crippen LogP contribution in [0.4, 0.5) is 4.39 Å². The van der Waals surface area contributed by atoms with Crippen LogP contribution in [0.15, 0.2) is 42.5 Å². The van der Waals surface area contributed by atoms with Gasteiger partial charge in [0.15, 0.2) is 5.78 Å². The average molecular weight is 249 g/mol. The first kappa shape index (κ1) is 11.8. The zero-order valence-electron chi connectivity index (χ0n) is 9.21. The Morgan fingerprint density at radius 3 is 2.47 bits per heavy atom. The van der Waals surface area contributed by atoms with Crippen LogP contribution in [-0.4, -0.2) is 5.78 Å². The Hall–Kier alpha value is -1.67. The molecule has 0 bridgehead atoms. The predicted molar refractivity (Wildman–Crippen MR) is 66.0 cm³/mol. The molecule has 0 unspecified atom stereocenters. The number of carbonyl (C=O) groups is 1. The number of halogens is 2. The Morgan fingerprint density at radius 2 is 1.82 bits per heavy atom. The Balaban J connectivity index is 2.52. The first-order chi connectivity index (χ1) is 8.09. The highest BCUT2D eigenvalue weighted by Crippen LogP contribution is 2.24. The highest BCUT2D eigenvalue weighted by Gasteiger charge is 2.15. The third-order valence-corrected chi connectivity index (χ3v) is 3.00. The fourth-order valence-electron chi connectivity index (χ4n) is 1.64. The van der Waals surface area contributed by atoms with Crippen LogP contribution in [-0.2, 0) is 0 Å². The summed E-state index contributed by atoms with van der Waals surface area (Å²) in [6.45, 7) is 1.67. The SMILES string of the molecule is Cc1cc(F)cc(C(=O)c2ccccc2)c1Cl.